The first-order valence-electron chi connectivity index (χ1n) is 6.79. The molecule has 1 aliphatic heterocycles. The predicted octanol–water partition coefficient (Wildman–Crippen LogP) is 1.15. The molecule has 20 heavy (non-hydrogen) atoms. The fourth-order valence-corrected chi connectivity index (χ4v) is 2.25. The molecular weight excluding hydrogens is 254 g/mol. The molecule has 0 atom stereocenters. The van der Waals surface area contributed by atoms with Crippen LogP contribution in [-0.4, -0.2) is 43.6 Å². The molecule has 0 bridgehead atoms. The van der Waals surface area contributed by atoms with Crippen molar-refractivity contribution >= 4 is 5.91 Å². The average Bonchev–Trinajstić information content (AvgIpc) is 2.48. The maximum atomic E-state index is 11.8. The standard InChI is InChI=1S/C15H19N3O2/c1-18-8-6-13(7-9-18)17-15(19)11-20-14-5-3-2-4-12(14)10-16/h2-5,13H,6-9,11H2,1H3,(H,17,19). The van der Waals surface area contributed by atoms with Gasteiger partial charge in [-0.25, -0.2) is 0 Å². The Morgan fingerprint density at radius 3 is 2.85 bits per heavy atom. The molecule has 1 fully saturated rings. The van der Waals surface area contributed by atoms with Crippen molar-refractivity contribution in [2.75, 3.05) is 26.7 Å². The third-order valence-corrected chi connectivity index (χ3v) is 3.45. The highest BCUT2D eigenvalue weighted by Crippen LogP contribution is 2.16. The second-order valence-corrected chi connectivity index (χ2v) is 5.04. The summed E-state index contributed by atoms with van der Waals surface area (Å²) < 4.78 is 5.41. The van der Waals surface area contributed by atoms with Gasteiger partial charge >= 0.3 is 0 Å². The molecule has 5 nitrogen and oxygen atoms in total. The van der Waals surface area contributed by atoms with Crippen molar-refractivity contribution in [3.05, 3.63) is 29.8 Å². The first-order valence-corrected chi connectivity index (χ1v) is 6.79. The number of nitriles is 1. The van der Waals surface area contributed by atoms with Crippen LogP contribution in [0.3, 0.4) is 0 Å². The summed E-state index contributed by atoms with van der Waals surface area (Å²) in [5.74, 6) is 0.320. The van der Waals surface area contributed by atoms with Gasteiger partial charge < -0.3 is 15.0 Å². The largest absolute Gasteiger partial charge is 0.482 e. The number of carbonyl (C=O) groups is 1. The molecule has 1 amide bonds. The molecule has 1 aliphatic rings. The fourth-order valence-electron chi connectivity index (χ4n) is 2.25. The summed E-state index contributed by atoms with van der Waals surface area (Å²) in [6, 6.07) is 9.19. The number of benzene rings is 1. The monoisotopic (exact) mass is 273 g/mol. The van der Waals surface area contributed by atoms with Gasteiger partial charge in [-0.2, -0.15) is 5.26 Å². The Balaban J connectivity index is 1.79. The molecule has 106 valence electrons. The highest BCUT2D eigenvalue weighted by Gasteiger charge is 2.18. The number of hydrogen-bond donors (Lipinski definition) is 1. The van der Waals surface area contributed by atoms with E-state index in [4.69, 9.17) is 10.00 Å². The molecule has 0 aromatic heterocycles. The van der Waals surface area contributed by atoms with E-state index in [0.717, 1.165) is 25.9 Å². The minimum absolute atomic E-state index is 0.0506. The van der Waals surface area contributed by atoms with E-state index < -0.39 is 0 Å². The van der Waals surface area contributed by atoms with Gasteiger partial charge in [0.15, 0.2) is 6.61 Å². The van der Waals surface area contributed by atoms with Crippen LogP contribution in [0.15, 0.2) is 24.3 Å². The fraction of sp³-hybridized carbons (Fsp3) is 0.467. The molecule has 0 radical (unpaired) electrons. The van der Waals surface area contributed by atoms with Gasteiger partial charge in [0.1, 0.15) is 11.8 Å². The van der Waals surface area contributed by atoms with Crippen LogP contribution in [-0.2, 0) is 4.79 Å². The van der Waals surface area contributed by atoms with Crippen LogP contribution in [0.4, 0.5) is 0 Å². The molecular formula is C15H19N3O2. The maximum Gasteiger partial charge on any atom is 0.258 e. The van der Waals surface area contributed by atoms with Gasteiger partial charge in [0.2, 0.25) is 0 Å². The molecule has 5 heteroatoms. The normalized spacial score (nSPS) is 16.4. The molecule has 1 saturated heterocycles. The lowest BCUT2D eigenvalue weighted by Crippen LogP contribution is -2.44. The zero-order chi connectivity index (χ0) is 14.4. The molecule has 1 heterocycles. The number of ether oxygens (including phenoxy) is 1. The lowest BCUT2D eigenvalue weighted by atomic mass is 10.1. The lowest BCUT2D eigenvalue weighted by molar-refractivity contribution is -0.124. The van der Waals surface area contributed by atoms with Gasteiger partial charge in [-0.3, -0.25) is 4.79 Å². The van der Waals surface area contributed by atoms with E-state index in [1.54, 1.807) is 24.3 Å². The number of piperidine rings is 1. The quantitative estimate of drug-likeness (QED) is 0.893. The SMILES string of the molecule is CN1CCC(NC(=O)COc2ccccc2C#N)CC1. The van der Waals surface area contributed by atoms with Gasteiger partial charge in [0, 0.05) is 6.04 Å². The summed E-state index contributed by atoms with van der Waals surface area (Å²) in [6.07, 6.45) is 1.94. The number of amides is 1. The minimum Gasteiger partial charge on any atom is -0.482 e. The Bertz CT molecular complexity index is 502. The predicted molar refractivity (Wildman–Crippen MR) is 75.3 cm³/mol. The topological polar surface area (TPSA) is 65.4 Å². The lowest BCUT2D eigenvalue weighted by Gasteiger charge is -2.29. The second-order valence-electron chi connectivity index (χ2n) is 5.04. The number of likely N-dealkylation sites (tertiary alicyclic amines) is 1. The van der Waals surface area contributed by atoms with Crippen molar-refractivity contribution in [2.45, 2.75) is 18.9 Å². The van der Waals surface area contributed by atoms with Crippen molar-refractivity contribution in [1.29, 1.82) is 5.26 Å². The number of para-hydroxylation sites is 1. The van der Waals surface area contributed by atoms with Crippen molar-refractivity contribution in [2.24, 2.45) is 0 Å². The summed E-state index contributed by atoms with van der Waals surface area (Å²) in [5, 5.41) is 11.9. The molecule has 1 aromatic carbocycles. The highest BCUT2D eigenvalue weighted by molar-refractivity contribution is 5.77. The average molecular weight is 273 g/mol. The maximum absolute atomic E-state index is 11.8. The highest BCUT2D eigenvalue weighted by atomic mass is 16.5. The Morgan fingerprint density at radius 1 is 1.45 bits per heavy atom. The van der Waals surface area contributed by atoms with Crippen LogP contribution in [0.5, 0.6) is 5.75 Å². The molecule has 0 spiro atoms. The van der Waals surface area contributed by atoms with E-state index in [1.807, 2.05) is 6.07 Å². The third kappa shape index (κ3) is 3.97. The van der Waals surface area contributed by atoms with Gasteiger partial charge in [-0.15, -0.1) is 0 Å². The Labute approximate surface area is 119 Å². The summed E-state index contributed by atoms with van der Waals surface area (Å²) >= 11 is 0. The summed E-state index contributed by atoms with van der Waals surface area (Å²) in [7, 11) is 2.08. The molecule has 2 rings (SSSR count). The molecule has 1 aromatic rings. The van der Waals surface area contributed by atoms with Crippen molar-refractivity contribution in [3.8, 4) is 11.8 Å². The number of rotatable bonds is 4. The summed E-state index contributed by atoms with van der Waals surface area (Å²) in [4.78, 5) is 14.1. The first-order chi connectivity index (χ1) is 9.69. The van der Waals surface area contributed by atoms with E-state index in [9.17, 15) is 4.79 Å². The smallest absolute Gasteiger partial charge is 0.258 e. The number of hydrogen-bond acceptors (Lipinski definition) is 4. The number of nitrogens with one attached hydrogen (secondary N) is 1. The Kier molecular flexibility index (Phi) is 4.97. The van der Waals surface area contributed by atoms with Gasteiger partial charge in [-0.05, 0) is 45.1 Å². The van der Waals surface area contributed by atoms with E-state index >= 15 is 0 Å². The van der Waals surface area contributed by atoms with Crippen molar-refractivity contribution < 1.29 is 9.53 Å². The second kappa shape index (κ2) is 6.92. The zero-order valence-corrected chi connectivity index (χ0v) is 11.6. The van der Waals surface area contributed by atoms with E-state index in [0.29, 0.717) is 11.3 Å². The first kappa shape index (κ1) is 14.4. The molecule has 0 aliphatic carbocycles. The van der Waals surface area contributed by atoms with Gasteiger partial charge in [0.25, 0.3) is 5.91 Å². The van der Waals surface area contributed by atoms with Crippen molar-refractivity contribution in [3.63, 3.8) is 0 Å². The van der Waals surface area contributed by atoms with Crippen LogP contribution in [0.2, 0.25) is 0 Å². The van der Waals surface area contributed by atoms with Crippen LogP contribution in [0.25, 0.3) is 0 Å². The third-order valence-electron chi connectivity index (χ3n) is 3.45. The van der Waals surface area contributed by atoms with Gasteiger partial charge in [-0.1, -0.05) is 12.1 Å². The minimum atomic E-state index is -0.132. The van der Waals surface area contributed by atoms with Crippen LogP contribution in [0, 0.1) is 11.3 Å². The van der Waals surface area contributed by atoms with Crippen LogP contribution < -0.4 is 10.1 Å². The van der Waals surface area contributed by atoms with E-state index in [-0.39, 0.29) is 18.6 Å². The zero-order valence-electron chi connectivity index (χ0n) is 11.6. The molecule has 0 unspecified atom stereocenters. The molecule has 1 N–H and O–H groups in total. The Morgan fingerprint density at radius 2 is 2.15 bits per heavy atom. The molecule has 0 saturated carbocycles. The summed E-state index contributed by atoms with van der Waals surface area (Å²) in [5.41, 5.74) is 0.444. The van der Waals surface area contributed by atoms with E-state index in [2.05, 4.69) is 17.3 Å². The Hall–Kier alpha value is -2.06. The van der Waals surface area contributed by atoms with Crippen LogP contribution >= 0.6 is 0 Å². The number of nitrogens with zero attached hydrogens (tertiary/aromatic N) is 2. The van der Waals surface area contributed by atoms with Crippen LogP contribution in [0.1, 0.15) is 18.4 Å². The number of carbonyl (C=O) groups excluding carboxylic acids is 1. The van der Waals surface area contributed by atoms with E-state index in [1.165, 1.54) is 0 Å². The van der Waals surface area contributed by atoms with Gasteiger partial charge in [0.05, 0.1) is 5.56 Å². The summed E-state index contributed by atoms with van der Waals surface area (Å²) in [6.45, 7) is 1.96. The van der Waals surface area contributed by atoms with Crippen molar-refractivity contribution in [1.82, 2.24) is 10.2 Å².